The van der Waals surface area contributed by atoms with Crippen molar-refractivity contribution in [2.75, 3.05) is 18.1 Å². The van der Waals surface area contributed by atoms with Gasteiger partial charge in [-0.15, -0.1) is 12.4 Å². The molecule has 76 valence electrons. The Hall–Kier alpha value is 0.360. The summed E-state index contributed by atoms with van der Waals surface area (Å²) < 4.78 is 42.6. The molecule has 12 heavy (non-hydrogen) atoms. The van der Waals surface area contributed by atoms with Gasteiger partial charge in [-0.25, -0.2) is 0 Å². The van der Waals surface area contributed by atoms with Gasteiger partial charge in [-0.05, 0) is 10.9 Å². The summed E-state index contributed by atoms with van der Waals surface area (Å²) in [6.45, 7) is 0. The number of halogens is 2. The van der Waals surface area contributed by atoms with Gasteiger partial charge in [0.2, 0.25) is 0 Å². The second-order valence-electron chi connectivity index (χ2n) is 1.83. The molecule has 0 radical (unpaired) electrons. The van der Waals surface area contributed by atoms with Gasteiger partial charge in [0.1, 0.15) is 11.8 Å². The molecule has 0 rings (SSSR count). The third-order valence-electron chi connectivity index (χ3n) is 0.950. The van der Waals surface area contributed by atoms with Gasteiger partial charge in [0.05, 0.1) is 20.6 Å². The van der Waals surface area contributed by atoms with E-state index in [4.69, 9.17) is 19.1 Å². The summed E-state index contributed by atoms with van der Waals surface area (Å²) in [5.74, 6) is -1.50. The van der Waals surface area contributed by atoms with Crippen LogP contribution in [0.25, 0.3) is 0 Å². The number of carboxylic acid groups (broad SMARTS) is 1. The van der Waals surface area contributed by atoms with Crippen molar-refractivity contribution in [3.63, 3.8) is 0 Å². The van der Waals surface area contributed by atoms with Crippen LogP contribution in [-0.4, -0.2) is 35.2 Å². The Bertz CT molecular complexity index is 247. The molecule has 1 atom stereocenters. The maximum Gasteiger partial charge on any atom is 0.320 e. The lowest BCUT2D eigenvalue weighted by molar-refractivity contribution is -0.138. The average molecular weight is 242 g/mol. The molecule has 0 aromatic rings. The van der Waals surface area contributed by atoms with Gasteiger partial charge < -0.3 is 23.2 Å². The minimum atomic E-state index is -2.61. The van der Waals surface area contributed by atoms with Crippen LogP contribution in [0.5, 0.6) is 0 Å². The Morgan fingerprint density at radius 2 is 2.25 bits per heavy atom. The predicted octanol–water partition coefficient (Wildman–Crippen LogP) is -2.91. The van der Waals surface area contributed by atoms with Crippen molar-refractivity contribution in [1.82, 2.24) is 0 Å². The van der Waals surface area contributed by atoms with Crippen molar-refractivity contribution in [2.45, 2.75) is 12.5 Å². The zero-order chi connectivity index (χ0) is 13.1. The summed E-state index contributed by atoms with van der Waals surface area (Å²) in [6.07, 6.45) is -5.37. The minimum absolute atomic E-state index is 0. The Balaban J connectivity index is -0.00000112. The summed E-state index contributed by atoms with van der Waals surface area (Å²) in [5.41, 5.74) is 5.19. The van der Waals surface area contributed by atoms with E-state index in [9.17, 15) is 4.79 Å². The number of carbonyl (C=O) groups is 1. The maximum absolute atomic E-state index is 10.4. The molecule has 0 spiro atoms. The Labute approximate surface area is 96.7 Å². The van der Waals surface area contributed by atoms with E-state index in [1.54, 1.807) is 0 Å². The standard InChI is InChI=1S/C6H13NO2S.2ClH/c1-10(2)4-3-5(7)6(8)9;;/h5H,3-4,7H2,1-2H3;2*1H/t5-;;/m0../s1/i1D3,2D3;;. The minimum Gasteiger partial charge on any atom is -1.00 e. The zero-order valence-corrected chi connectivity index (χ0v) is 8.51. The van der Waals surface area contributed by atoms with Crippen molar-refractivity contribution < 1.29 is 30.5 Å². The van der Waals surface area contributed by atoms with E-state index in [0.29, 0.717) is 0 Å². The van der Waals surface area contributed by atoms with Crippen LogP contribution >= 0.6 is 12.4 Å². The lowest BCUT2D eigenvalue weighted by Gasteiger charge is -2.02. The number of hydrogen-bond donors (Lipinski definition) is 2. The van der Waals surface area contributed by atoms with Crippen LogP contribution in [0.2, 0.25) is 0 Å². The molecule has 6 heteroatoms. The Kier molecular flexibility index (Phi) is 5.32. The van der Waals surface area contributed by atoms with E-state index in [-0.39, 0.29) is 37.0 Å². The van der Waals surface area contributed by atoms with Gasteiger partial charge >= 0.3 is 5.97 Å². The number of aliphatic carboxylic acids is 1. The van der Waals surface area contributed by atoms with Gasteiger partial charge in [-0.3, -0.25) is 4.79 Å². The molecule has 0 saturated heterocycles. The third kappa shape index (κ3) is 10.4. The monoisotopic (exact) mass is 241 g/mol. The van der Waals surface area contributed by atoms with Gasteiger partial charge in [0.25, 0.3) is 0 Å². The molecule has 0 heterocycles. The van der Waals surface area contributed by atoms with E-state index in [1.807, 2.05) is 0 Å². The molecule has 0 aliphatic heterocycles. The quantitative estimate of drug-likeness (QED) is 0.520. The van der Waals surface area contributed by atoms with E-state index in [1.165, 1.54) is 0 Å². The SMILES string of the molecule is Cl.[2H]C([2H])([2H])[S+](CC[C@H](N)C(=O)O)C([2H])([2H])[2H].[Cl-]. The normalized spacial score (nSPS) is 20.8. The van der Waals surface area contributed by atoms with Crippen molar-refractivity contribution in [1.29, 1.82) is 0 Å². The first kappa shape index (κ1) is 6.76. The first-order valence-corrected chi connectivity index (χ1v) is 4.05. The summed E-state index contributed by atoms with van der Waals surface area (Å²) in [5, 5.41) is 8.50. The summed E-state index contributed by atoms with van der Waals surface area (Å²) in [6, 6.07) is -1.22. The Morgan fingerprint density at radius 3 is 2.58 bits per heavy atom. The van der Waals surface area contributed by atoms with E-state index >= 15 is 0 Å². The summed E-state index contributed by atoms with van der Waals surface area (Å²) >= 11 is 0. The van der Waals surface area contributed by atoms with Crippen molar-refractivity contribution in [3.8, 4) is 0 Å². The van der Waals surface area contributed by atoms with Crippen LogP contribution < -0.4 is 18.1 Å². The maximum atomic E-state index is 10.4. The molecule has 0 amide bonds. The Morgan fingerprint density at radius 1 is 1.75 bits per heavy atom. The second-order valence-corrected chi connectivity index (χ2v) is 3.02. The average Bonchev–Trinajstić information content (AvgIpc) is 1.98. The number of rotatable bonds is 4. The molecule has 0 aromatic carbocycles. The summed E-state index contributed by atoms with van der Waals surface area (Å²) in [7, 11) is -1.84. The van der Waals surface area contributed by atoms with Crippen molar-refractivity contribution in [3.05, 3.63) is 0 Å². The van der Waals surface area contributed by atoms with Crippen LogP contribution in [-0.2, 0) is 15.7 Å². The first-order valence-electron chi connectivity index (χ1n) is 5.65. The van der Waals surface area contributed by atoms with Crippen molar-refractivity contribution in [2.24, 2.45) is 5.73 Å². The first-order chi connectivity index (χ1) is 6.96. The van der Waals surface area contributed by atoms with Gasteiger partial charge in [0, 0.05) is 6.42 Å². The lowest BCUT2D eigenvalue weighted by atomic mass is 10.2. The highest BCUT2D eigenvalue weighted by Gasteiger charge is 2.14. The zero-order valence-electron chi connectivity index (χ0n) is 12.1. The number of hydrogen-bond acceptors (Lipinski definition) is 2. The fraction of sp³-hybridized carbons (Fsp3) is 0.833. The molecule has 0 saturated carbocycles. The molecular formula is C6H15Cl2NO2S. The predicted molar refractivity (Wildman–Crippen MR) is 51.6 cm³/mol. The van der Waals surface area contributed by atoms with Gasteiger partial charge in [-0.2, -0.15) is 0 Å². The van der Waals surface area contributed by atoms with Crippen LogP contribution in [0.3, 0.4) is 0 Å². The molecule has 3 N–H and O–H groups in total. The van der Waals surface area contributed by atoms with Crippen molar-refractivity contribution >= 4 is 29.3 Å². The molecule has 0 aliphatic rings. The highest BCUT2D eigenvalue weighted by molar-refractivity contribution is 7.95. The highest BCUT2D eigenvalue weighted by Crippen LogP contribution is 1.93. The molecule has 3 nitrogen and oxygen atoms in total. The topological polar surface area (TPSA) is 63.3 Å². The van der Waals surface area contributed by atoms with Gasteiger partial charge in [-0.1, -0.05) is 0 Å². The fourth-order valence-electron chi connectivity index (χ4n) is 0.368. The van der Waals surface area contributed by atoms with Crippen LogP contribution in [0, 0.1) is 0 Å². The molecule has 0 fully saturated rings. The van der Waals surface area contributed by atoms with Crippen LogP contribution in [0.15, 0.2) is 0 Å². The van der Waals surface area contributed by atoms with Gasteiger partial charge in [0.15, 0.2) is 0 Å². The van der Waals surface area contributed by atoms with Crippen LogP contribution in [0.4, 0.5) is 0 Å². The largest absolute Gasteiger partial charge is 1.00 e. The molecule has 0 unspecified atom stereocenters. The van der Waals surface area contributed by atoms with E-state index < -0.39 is 35.3 Å². The molecule has 0 aromatic heterocycles. The smallest absolute Gasteiger partial charge is 0.320 e. The molecular weight excluding hydrogens is 221 g/mol. The summed E-state index contributed by atoms with van der Waals surface area (Å²) in [4.78, 5) is 10.4. The lowest BCUT2D eigenvalue weighted by Crippen LogP contribution is -3.00. The van der Waals surface area contributed by atoms with Crippen LogP contribution in [0.1, 0.15) is 14.6 Å². The molecule has 0 aliphatic carbocycles. The highest BCUT2D eigenvalue weighted by atomic mass is 35.5. The fourth-order valence-corrected chi connectivity index (χ4v) is 0.858. The third-order valence-corrected chi connectivity index (χ3v) is 1.59. The second kappa shape index (κ2) is 9.45. The number of nitrogens with two attached hydrogens (primary N) is 1. The molecule has 0 bridgehead atoms. The van der Waals surface area contributed by atoms with E-state index in [2.05, 4.69) is 0 Å². The number of carboxylic acids is 1. The van der Waals surface area contributed by atoms with E-state index in [0.717, 1.165) is 0 Å².